The van der Waals surface area contributed by atoms with Crippen LogP contribution in [0.4, 0.5) is 0 Å². The fourth-order valence-electron chi connectivity index (χ4n) is 1.16. The van der Waals surface area contributed by atoms with Gasteiger partial charge in [-0.3, -0.25) is 20.2 Å². The van der Waals surface area contributed by atoms with Gasteiger partial charge in [0, 0.05) is 24.3 Å². The lowest BCUT2D eigenvalue weighted by Gasteiger charge is -2.19. The standard InChI is InChI=1S/C7H8N2O5/c1-7(9(13)14)4-2-3-5(6(7)10)8(11)12/h2-3,10H,4H2,1H3. The van der Waals surface area contributed by atoms with Crippen LogP contribution >= 0.6 is 0 Å². The maximum Gasteiger partial charge on any atom is 0.313 e. The van der Waals surface area contributed by atoms with Crippen molar-refractivity contribution in [2.75, 3.05) is 0 Å². The fourth-order valence-corrected chi connectivity index (χ4v) is 1.16. The Hall–Kier alpha value is -1.92. The molecule has 0 aliphatic heterocycles. The molecule has 1 aliphatic carbocycles. The Kier molecular flexibility index (Phi) is 2.24. The summed E-state index contributed by atoms with van der Waals surface area (Å²) in [5, 5.41) is 30.4. The van der Waals surface area contributed by atoms with Gasteiger partial charge in [-0.2, -0.15) is 0 Å². The molecule has 0 aromatic rings. The summed E-state index contributed by atoms with van der Waals surface area (Å²) in [6.07, 6.45) is 2.32. The van der Waals surface area contributed by atoms with Crippen molar-refractivity contribution in [3.05, 3.63) is 43.8 Å². The third kappa shape index (κ3) is 1.32. The topological polar surface area (TPSA) is 107 Å². The Morgan fingerprint density at radius 2 is 2.07 bits per heavy atom. The lowest BCUT2D eigenvalue weighted by atomic mass is 9.91. The molecule has 0 amide bonds. The molecule has 0 fully saturated rings. The van der Waals surface area contributed by atoms with Gasteiger partial charge in [0.25, 0.3) is 5.54 Å². The van der Waals surface area contributed by atoms with E-state index in [1.807, 2.05) is 0 Å². The van der Waals surface area contributed by atoms with Gasteiger partial charge in [-0.1, -0.05) is 6.08 Å². The zero-order valence-corrected chi connectivity index (χ0v) is 7.34. The third-order valence-corrected chi connectivity index (χ3v) is 2.14. The molecule has 0 aromatic carbocycles. The number of nitrogens with zero attached hydrogens (tertiary/aromatic N) is 2. The van der Waals surface area contributed by atoms with Gasteiger partial charge in [0.05, 0.1) is 4.92 Å². The van der Waals surface area contributed by atoms with Crippen LogP contribution in [0.15, 0.2) is 23.6 Å². The first-order valence-electron chi connectivity index (χ1n) is 3.78. The first kappa shape index (κ1) is 10.2. The molecule has 1 rings (SSSR count). The van der Waals surface area contributed by atoms with Crippen molar-refractivity contribution in [3.8, 4) is 0 Å². The number of nitro groups is 2. The first-order chi connectivity index (χ1) is 6.39. The van der Waals surface area contributed by atoms with Crippen molar-refractivity contribution >= 4 is 0 Å². The molecule has 0 heterocycles. The molecule has 0 bridgehead atoms. The van der Waals surface area contributed by atoms with E-state index in [4.69, 9.17) is 0 Å². The van der Waals surface area contributed by atoms with Crippen LogP contribution in [0, 0.1) is 20.2 Å². The Bertz CT molecular complexity index is 359. The average molecular weight is 200 g/mol. The van der Waals surface area contributed by atoms with Crippen LogP contribution < -0.4 is 0 Å². The molecule has 1 atom stereocenters. The monoisotopic (exact) mass is 200 g/mol. The number of aliphatic hydroxyl groups excluding tert-OH is 1. The van der Waals surface area contributed by atoms with E-state index in [1.165, 1.54) is 6.08 Å². The number of hydrogen-bond donors (Lipinski definition) is 1. The zero-order valence-electron chi connectivity index (χ0n) is 7.34. The second-order valence-corrected chi connectivity index (χ2v) is 3.13. The van der Waals surface area contributed by atoms with Crippen molar-refractivity contribution in [2.24, 2.45) is 0 Å². The Balaban J connectivity index is 3.25. The summed E-state index contributed by atoms with van der Waals surface area (Å²) in [4.78, 5) is 19.4. The highest BCUT2D eigenvalue weighted by Crippen LogP contribution is 2.30. The van der Waals surface area contributed by atoms with Crippen LogP contribution in [0.3, 0.4) is 0 Å². The van der Waals surface area contributed by atoms with Crippen molar-refractivity contribution in [3.63, 3.8) is 0 Å². The molecular formula is C7H8N2O5. The van der Waals surface area contributed by atoms with Gasteiger partial charge in [-0.05, 0) is 0 Å². The maximum absolute atomic E-state index is 10.6. The van der Waals surface area contributed by atoms with Crippen LogP contribution in [0.1, 0.15) is 13.3 Å². The summed E-state index contributed by atoms with van der Waals surface area (Å²) in [6, 6.07) is 0. The molecular weight excluding hydrogens is 192 g/mol. The molecule has 76 valence electrons. The Labute approximate surface area is 78.6 Å². The number of rotatable bonds is 2. The van der Waals surface area contributed by atoms with Gasteiger partial charge in [0.15, 0.2) is 0 Å². The molecule has 1 aliphatic rings. The zero-order chi connectivity index (χ0) is 10.9. The van der Waals surface area contributed by atoms with E-state index in [-0.39, 0.29) is 6.42 Å². The molecule has 0 spiro atoms. The fraction of sp³-hybridized carbons (Fsp3) is 0.429. The van der Waals surface area contributed by atoms with E-state index in [2.05, 4.69) is 0 Å². The lowest BCUT2D eigenvalue weighted by molar-refractivity contribution is -0.560. The second-order valence-electron chi connectivity index (χ2n) is 3.13. The third-order valence-electron chi connectivity index (χ3n) is 2.14. The second kappa shape index (κ2) is 3.09. The SMILES string of the molecule is CC1([N+](=O)[O-])CC=CC([N+](=O)[O-])=C1O. The van der Waals surface area contributed by atoms with Crippen LogP contribution in [0.2, 0.25) is 0 Å². The van der Waals surface area contributed by atoms with Crippen molar-refractivity contribution in [1.29, 1.82) is 0 Å². The molecule has 7 nitrogen and oxygen atoms in total. The van der Waals surface area contributed by atoms with Gasteiger partial charge in [-0.25, -0.2) is 0 Å². The summed E-state index contributed by atoms with van der Waals surface area (Å²) in [6.45, 7) is 1.15. The van der Waals surface area contributed by atoms with E-state index in [0.29, 0.717) is 0 Å². The van der Waals surface area contributed by atoms with Gasteiger partial charge in [0.1, 0.15) is 0 Å². The van der Waals surface area contributed by atoms with E-state index >= 15 is 0 Å². The summed E-state index contributed by atoms with van der Waals surface area (Å²) >= 11 is 0. The van der Waals surface area contributed by atoms with E-state index in [9.17, 15) is 25.3 Å². The molecule has 1 unspecified atom stereocenters. The Morgan fingerprint density at radius 3 is 2.50 bits per heavy atom. The van der Waals surface area contributed by atoms with Gasteiger partial charge in [0.2, 0.25) is 5.76 Å². The first-order valence-corrected chi connectivity index (χ1v) is 3.78. The van der Waals surface area contributed by atoms with Gasteiger partial charge in [-0.15, -0.1) is 0 Å². The summed E-state index contributed by atoms with van der Waals surface area (Å²) < 4.78 is 0. The van der Waals surface area contributed by atoms with Crippen LogP contribution in [0.5, 0.6) is 0 Å². The van der Waals surface area contributed by atoms with Crippen LogP contribution in [0.25, 0.3) is 0 Å². The highest BCUT2D eigenvalue weighted by atomic mass is 16.6. The molecule has 14 heavy (non-hydrogen) atoms. The predicted molar refractivity (Wildman–Crippen MR) is 45.8 cm³/mol. The minimum Gasteiger partial charge on any atom is -0.501 e. The normalized spacial score (nSPS) is 26.4. The summed E-state index contributed by atoms with van der Waals surface area (Å²) in [5.41, 5.74) is -2.40. The average Bonchev–Trinajstić information content (AvgIpc) is 2.09. The molecule has 0 aromatic heterocycles. The summed E-state index contributed by atoms with van der Waals surface area (Å²) in [7, 11) is 0. The van der Waals surface area contributed by atoms with Crippen molar-refractivity contribution in [1.82, 2.24) is 0 Å². The van der Waals surface area contributed by atoms with Crippen molar-refractivity contribution < 1.29 is 15.0 Å². The predicted octanol–water partition coefficient (Wildman–Crippen LogP) is 1.03. The Morgan fingerprint density at radius 1 is 1.50 bits per heavy atom. The minimum absolute atomic E-state index is 0.0524. The van der Waals surface area contributed by atoms with Gasteiger partial charge >= 0.3 is 5.70 Å². The highest BCUT2D eigenvalue weighted by Gasteiger charge is 2.47. The number of hydrogen-bond acceptors (Lipinski definition) is 5. The minimum atomic E-state index is -1.78. The molecule has 0 saturated heterocycles. The smallest absolute Gasteiger partial charge is 0.313 e. The van der Waals surface area contributed by atoms with Gasteiger partial charge < -0.3 is 5.11 Å². The molecule has 0 saturated carbocycles. The quantitative estimate of drug-likeness (QED) is 0.529. The maximum atomic E-state index is 10.6. The highest BCUT2D eigenvalue weighted by molar-refractivity contribution is 5.26. The van der Waals surface area contributed by atoms with Crippen LogP contribution in [-0.2, 0) is 0 Å². The number of allylic oxidation sites excluding steroid dienone is 1. The molecule has 1 N–H and O–H groups in total. The van der Waals surface area contributed by atoms with Crippen LogP contribution in [-0.4, -0.2) is 20.5 Å². The van der Waals surface area contributed by atoms with Crippen molar-refractivity contribution in [2.45, 2.75) is 18.9 Å². The largest absolute Gasteiger partial charge is 0.501 e. The van der Waals surface area contributed by atoms with E-state index in [0.717, 1.165) is 13.0 Å². The molecule has 7 heteroatoms. The van der Waals surface area contributed by atoms with E-state index < -0.39 is 26.8 Å². The molecule has 0 radical (unpaired) electrons. The lowest BCUT2D eigenvalue weighted by Crippen LogP contribution is -2.39. The summed E-state index contributed by atoms with van der Waals surface area (Å²) in [5.74, 6) is -0.796. The number of aliphatic hydroxyl groups is 1. The van der Waals surface area contributed by atoms with E-state index in [1.54, 1.807) is 0 Å².